The van der Waals surface area contributed by atoms with Gasteiger partial charge in [0, 0.05) is 5.92 Å². The first-order chi connectivity index (χ1) is 10.7. The summed E-state index contributed by atoms with van der Waals surface area (Å²) in [6, 6.07) is 1.30. The molecule has 0 heterocycles. The van der Waals surface area contributed by atoms with Crippen LogP contribution in [0.5, 0.6) is 5.75 Å². The van der Waals surface area contributed by atoms with Crippen molar-refractivity contribution in [3.63, 3.8) is 0 Å². The minimum Gasteiger partial charge on any atom is -0.506 e. The van der Waals surface area contributed by atoms with Crippen molar-refractivity contribution in [3.8, 4) is 5.75 Å². The fourth-order valence-corrected chi connectivity index (χ4v) is 2.12. The lowest BCUT2D eigenvalue weighted by molar-refractivity contribution is -0.137. The lowest BCUT2D eigenvalue weighted by atomic mass is 9.84. The molecule has 1 atom stereocenters. The van der Waals surface area contributed by atoms with Crippen LogP contribution in [0.25, 0.3) is 0 Å². The number of alkyl halides is 3. The number of phenols is 1. The number of phenolic OH excluding ortho intramolecular Hbond substituents is 1. The Hall–Kier alpha value is -2.25. The Labute approximate surface area is 130 Å². The molecule has 2 amide bonds. The maximum atomic E-state index is 12.7. The monoisotopic (exact) mass is 330 g/mol. The molecule has 1 aliphatic rings. The molecule has 1 aromatic carbocycles. The topological polar surface area (TPSA) is 78.4 Å². The number of carbonyl (C=O) groups excluding carboxylic acids is 2. The van der Waals surface area contributed by atoms with Crippen molar-refractivity contribution in [1.82, 2.24) is 5.32 Å². The van der Waals surface area contributed by atoms with Crippen molar-refractivity contribution >= 4 is 17.5 Å². The summed E-state index contributed by atoms with van der Waals surface area (Å²) in [5, 5.41) is 14.3. The van der Waals surface area contributed by atoms with Crippen LogP contribution in [0.3, 0.4) is 0 Å². The average molecular weight is 330 g/mol. The third kappa shape index (κ3) is 4.14. The smallest absolute Gasteiger partial charge is 0.416 e. The quantitative estimate of drug-likeness (QED) is 0.743. The van der Waals surface area contributed by atoms with Crippen molar-refractivity contribution in [1.29, 1.82) is 0 Å². The Morgan fingerprint density at radius 3 is 2.48 bits per heavy atom. The van der Waals surface area contributed by atoms with Gasteiger partial charge in [0.2, 0.25) is 11.8 Å². The van der Waals surface area contributed by atoms with Crippen molar-refractivity contribution in [2.45, 2.75) is 38.4 Å². The number of aromatic hydroxyl groups is 1. The number of hydrogen-bond acceptors (Lipinski definition) is 3. The maximum absolute atomic E-state index is 12.7. The number of benzene rings is 1. The molecule has 1 aliphatic carbocycles. The van der Waals surface area contributed by atoms with E-state index in [1.807, 2.05) is 0 Å². The molecule has 0 unspecified atom stereocenters. The van der Waals surface area contributed by atoms with E-state index in [1.54, 1.807) is 0 Å². The molecular weight excluding hydrogens is 313 g/mol. The lowest BCUT2D eigenvalue weighted by Crippen LogP contribution is -2.45. The summed E-state index contributed by atoms with van der Waals surface area (Å²) in [6.45, 7) is 1.43. The predicted octanol–water partition coefficient (Wildman–Crippen LogP) is 2.65. The minimum absolute atomic E-state index is 0.104. The van der Waals surface area contributed by atoms with Crippen LogP contribution in [-0.2, 0) is 15.8 Å². The summed E-state index contributed by atoms with van der Waals surface area (Å²) in [6.07, 6.45) is -2.07. The highest BCUT2D eigenvalue weighted by atomic mass is 19.4. The van der Waals surface area contributed by atoms with Gasteiger partial charge in [0.05, 0.1) is 11.3 Å². The third-order valence-electron chi connectivity index (χ3n) is 3.81. The van der Waals surface area contributed by atoms with Gasteiger partial charge in [-0.25, -0.2) is 0 Å². The second kappa shape index (κ2) is 6.47. The van der Waals surface area contributed by atoms with Crippen LogP contribution in [0.1, 0.15) is 31.7 Å². The van der Waals surface area contributed by atoms with Gasteiger partial charge in [0.15, 0.2) is 0 Å². The Morgan fingerprint density at radius 2 is 1.96 bits per heavy atom. The zero-order valence-electron chi connectivity index (χ0n) is 12.4. The summed E-state index contributed by atoms with van der Waals surface area (Å²) in [5.41, 5.74) is -1.34. The molecule has 0 aliphatic heterocycles. The van der Waals surface area contributed by atoms with Gasteiger partial charge in [-0.05, 0) is 38.0 Å². The van der Waals surface area contributed by atoms with Crippen LogP contribution >= 0.6 is 0 Å². The van der Waals surface area contributed by atoms with Crippen LogP contribution in [0.15, 0.2) is 18.2 Å². The van der Waals surface area contributed by atoms with Gasteiger partial charge in [-0.3, -0.25) is 9.59 Å². The fourth-order valence-electron chi connectivity index (χ4n) is 2.12. The summed E-state index contributed by atoms with van der Waals surface area (Å²) >= 11 is 0. The van der Waals surface area contributed by atoms with Gasteiger partial charge in [-0.2, -0.15) is 13.2 Å². The molecule has 1 aromatic rings. The molecule has 3 N–H and O–H groups in total. The van der Waals surface area contributed by atoms with Crippen LogP contribution in [0.2, 0.25) is 0 Å². The van der Waals surface area contributed by atoms with Crippen LogP contribution < -0.4 is 10.6 Å². The van der Waals surface area contributed by atoms with Gasteiger partial charge < -0.3 is 15.7 Å². The molecule has 2 rings (SSSR count). The lowest BCUT2D eigenvalue weighted by Gasteiger charge is -2.25. The maximum Gasteiger partial charge on any atom is 0.416 e. The fraction of sp³-hybridized carbons (Fsp3) is 0.467. The van der Waals surface area contributed by atoms with Crippen molar-refractivity contribution in [2.75, 3.05) is 5.32 Å². The molecule has 0 radical (unpaired) electrons. The summed E-state index contributed by atoms with van der Waals surface area (Å²) in [7, 11) is 0. The standard InChI is InChI=1S/C15H17F3N2O3/c1-8(19-14(23)9-3-2-4-9)13(22)20-11-7-10(15(16,17)18)5-6-12(11)21/h5-9,21H,2-4H2,1H3,(H,19,23)(H,20,22)/t8-/m0/s1. The molecule has 0 bridgehead atoms. The largest absolute Gasteiger partial charge is 0.506 e. The molecule has 8 heteroatoms. The van der Waals surface area contributed by atoms with E-state index in [2.05, 4.69) is 10.6 Å². The zero-order valence-corrected chi connectivity index (χ0v) is 12.4. The molecule has 0 spiro atoms. The Bertz CT molecular complexity index is 612. The van der Waals surface area contributed by atoms with E-state index in [9.17, 15) is 27.9 Å². The van der Waals surface area contributed by atoms with Crippen LogP contribution in [0.4, 0.5) is 18.9 Å². The van der Waals surface area contributed by atoms with Gasteiger partial charge in [-0.15, -0.1) is 0 Å². The molecule has 1 fully saturated rings. The van der Waals surface area contributed by atoms with E-state index in [0.29, 0.717) is 12.1 Å². The number of anilines is 1. The molecule has 0 saturated heterocycles. The average Bonchev–Trinajstić information content (AvgIpc) is 2.37. The first kappa shape index (κ1) is 17.1. The van der Waals surface area contributed by atoms with Gasteiger partial charge >= 0.3 is 6.18 Å². The zero-order chi connectivity index (χ0) is 17.2. The second-order valence-corrected chi connectivity index (χ2v) is 5.58. The molecule has 5 nitrogen and oxygen atoms in total. The number of hydrogen-bond donors (Lipinski definition) is 3. The van der Waals surface area contributed by atoms with E-state index >= 15 is 0 Å². The van der Waals surface area contributed by atoms with E-state index in [-0.39, 0.29) is 17.5 Å². The third-order valence-corrected chi connectivity index (χ3v) is 3.81. The van der Waals surface area contributed by atoms with E-state index in [0.717, 1.165) is 25.3 Å². The summed E-state index contributed by atoms with van der Waals surface area (Å²) in [4.78, 5) is 23.7. The van der Waals surface area contributed by atoms with Crippen molar-refractivity contribution in [3.05, 3.63) is 23.8 Å². The van der Waals surface area contributed by atoms with Crippen LogP contribution in [-0.4, -0.2) is 23.0 Å². The normalized spacial score (nSPS) is 16.3. The SMILES string of the molecule is C[C@H](NC(=O)C1CCC1)C(=O)Nc1cc(C(F)(F)F)ccc1O. The number of nitrogens with one attached hydrogen (secondary N) is 2. The highest BCUT2D eigenvalue weighted by molar-refractivity contribution is 5.98. The Kier molecular flexibility index (Phi) is 4.82. The number of halogens is 3. The first-order valence-electron chi connectivity index (χ1n) is 7.20. The molecule has 1 saturated carbocycles. The van der Waals surface area contributed by atoms with E-state index < -0.39 is 29.4 Å². The molecular formula is C15H17F3N2O3. The van der Waals surface area contributed by atoms with Gasteiger partial charge in [0.1, 0.15) is 11.8 Å². The number of amides is 2. The number of carbonyl (C=O) groups is 2. The van der Waals surface area contributed by atoms with Crippen molar-refractivity contribution in [2.24, 2.45) is 5.92 Å². The Morgan fingerprint density at radius 1 is 1.30 bits per heavy atom. The highest BCUT2D eigenvalue weighted by Gasteiger charge is 2.32. The van der Waals surface area contributed by atoms with Crippen LogP contribution in [0, 0.1) is 5.92 Å². The highest BCUT2D eigenvalue weighted by Crippen LogP contribution is 2.34. The van der Waals surface area contributed by atoms with Gasteiger partial charge in [-0.1, -0.05) is 6.42 Å². The van der Waals surface area contributed by atoms with E-state index in [4.69, 9.17) is 0 Å². The molecule has 0 aromatic heterocycles. The van der Waals surface area contributed by atoms with E-state index in [1.165, 1.54) is 6.92 Å². The second-order valence-electron chi connectivity index (χ2n) is 5.58. The number of rotatable bonds is 4. The minimum atomic E-state index is -4.59. The summed E-state index contributed by atoms with van der Waals surface area (Å²) < 4.78 is 38.0. The Balaban J connectivity index is 2.02. The predicted molar refractivity (Wildman–Crippen MR) is 76.7 cm³/mol. The first-order valence-corrected chi connectivity index (χ1v) is 7.20. The molecule has 126 valence electrons. The van der Waals surface area contributed by atoms with Crippen molar-refractivity contribution < 1.29 is 27.9 Å². The molecule has 23 heavy (non-hydrogen) atoms. The summed E-state index contributed by atoms with van der Waals surface area (Å²) in [5.74, 6) is -1.53. The van der Waals surface area contributed by atoms with Gasteiger partial charge in [0.25, 0.3) is 0 Å².